The van der Waals surface area contributed by atoms with Gasteiger partial charge in [0.25, 0.3) is 0 Å². The Hall–Kier alpha value is -0.610. The molecular weight excluding hydrogens is 218 g/mol. The molecule has 0 spiro atoms. The number of aliphatic imine (C=N–C) groups is 2. The average Bonchev–Trinajstić information content (AvgIpc) is 2.72. The van der Waals surface area contributed by atoms with E-state index in [2.05, 4.69) is 34.2 Å². The number of nitrogens with zero attached hydrogens (tertiary/aromatic N) is 3. The second-order valence-electron chi connectivity index (χ2n) is 3.73. The third-order valence-electron chi connectivity index (χ3n) is 2.17. The maximum absolute atomic E-state index is 4.44. The summed E-state index contributed by atoms with van der Waals surface area (Å²) in [6.45, 7) is 9.23. The van der Waals surface area contributed by atoms with Gasteiger partial charge in [-0.15, -0.1) is 0 Å². The third kappa shape index (κ3) is 4.94. The summed E-state index contributed by atoms with van der Waals surface area (Å²) in [5.74, 6) is 0.872. The highest BCUT2D eigenvalue weighted by molar-refractivity contribution is 8.01. The normalized spacial score (nSPS) is 18.4. The molecule has 0 bridgehead atoms. The fraction of sp³-hybridized carbons (Fsp3) is 0.667. The quantitative estimate of drug-likeness (QED) is 0.419. The monoisotopic (exact) mass is 239 g/mol. The molecule has 90 valence electrons. The first kappa shape index (κ1) is 13.5. The van der Waals surface area contributed by atoms with Crippen molar-refractivity contribution in [2.45, 2.75) is 33.6 Å². The van der Waals surface area contributed by atoms with Crippen LogP contribution in [0.25, 0.3) is 0 Å². The Balaban J connectivity index is 2.31. The minimum atomic E-state index is 0.776. The second-order valence-corrected chi connectivity index (χ2v) is 4.96. The molecule has 0 fully saturated rings. The number of rotatable bonds is 5. The molecule has 0 aromatic carbocycles. The largest absolute Gasteiger partial charge is 0.265 e. The van der Waals surface area contributed by atoms with Gasteiger partial charge in [0.15, 0.2) is 0 Å². The first-order valence-electron chi connectivity index (χ1n) is 5.91. The van der Waals surface area contributed by atoms with Crippen molar-refractivity contribution < 1.29 is 0 Å². The molecule has 1 rings (SSSR count). The lowest BCUT2D eigenvalue weighted by atomic mass is 10.4. The summed E-state index contributed by atoms with van der Waals surface area (Å²) >= 11 is 1.84. The molecule has 0 radical (unpaired) electrons. The number of hydrogen-bond acceptors (Lipinski definition) is 3. The van der Waals surface area contributed by atoms with Crippen LogP contribution in [0.4, 0.5) is 0 Å². The van der Waals surface area contributed by atoms with E-state index in [1.165, 1.54) is 11.3 Å². The van der Waals surface area contributed by atoms with Crippen molar-refractivity contribution >= 4 is 24.0 Å². The zero-order chi connectivity index (χ0) is 11.8. The summed E-state index contributed by atoms with van der Waals surface area (Å²) in [6.07, 6.45) is 6.34. The van der Waals surface area contributed by atoms with E-state index in [0.29, 0.717) is 0 Å². The van der Waals surface area contributed by atoms with E-state index in [4.69, 9.17) is 0 Å². The van der Waals surface area contributed by atoms with Crippen molar-refractivity contribution in [2.75, 3.05) is 19.6 Å². The molecule has 0 amide bonds. The SMILES string of the molecule is CC/C=N\C(C)=N/CC1=CCN(CCC)S1. The van der Waals surface area contributed by atoms with Gasteiger partial charge in [-0.3, -0.25) is 4.99 Å². The predicted octanol–water partition coefficient (Wildman–Crippen LogP) is 3.14. The van der Waals surface area contributed by atoms with Crippen molar-refractivity contribution in [2.24, 2.45) is 9.98 Å². The predicted molar refractivity (Wildman–Crippen MR) is 74.3 cm³/mol. The van der Waals surface area contributed by atoms with Gasteiger partial charge in [0.2, 0.25) is 0 Å². The zero-order valence-corrected chi connectivity index (χ0v) is 11.3. The molecule has 0 unspecified atom stereocenters. The van der Waals surface area contributed by atoms with Crippen molar-refractivity contribution in [3.63, 3.8) is 0 Å². The lowest BCUT2D eigenvalue weighted by Gasteiger charge is -2.11. The van der Waals surface area contributed by atoms with Crippen LogP contribution >= 0.6 is 11.9 Å². The Morgan fingerprint density at radius 2 is 2.38 bits per heavy atom. The van der Waals surface area contributed by atoms with Gasteiger partial charge in [0.05, 0.1) is 6.54 Å². The van der Waals surface area contributed by atoms with E-state index in [9.17, 15) is 0 Å². The maximum atomic E-state index is 4.44. The molecule has 1 aliphatic heterocycles. The van der Waals surface area contributed by atoms with Crippen LogP contribution in [0.15, 0.2) is 21.0 Å². The highest BCUT2D eigenvalue weighted by Gasteiger charge is 2.13. The Bertz CT molecular complexity index is 295. The highest BCUT2D eigenvalue weighted by Crippen LogP contribution is 2.27. The van der Waals surface area contributed by atoms with E-state index >= 15 is 0 Å². The zero-order valence-electron chi connectivity index (χ0n) is 10.4. The summed E-state index contributed by atoms with van der Waals surface area (Å²) in [5, 5.41) is 0. The van der Waals surface area contributed by atoms with Crippen LogP contribution in [0.2, 0.25) is 0 Å². The molecule has 4 heteroatoms. The topological polar surface area (TPSA) is 28.0 Å². The average molecular weight is 239 g/mol. The van der Waals surface area contributed by atoms with Gasteiger partial charge in [-0.05, 0) is 31.7 Å². The smallest absolute Gasteiger partial charge is 0.120 e. The van der Waals surface area contributed by atoms with E-state index in [-0.39, 0.29) is 0 Å². The molecule has 0 saturated carbocycles. The number of amidine groups is 1. The second kappa shape index (κ2) is 7.63. The van der Waals surface area contributed by atoms with Gasteiger partial charge < -0.3 is 0 Å². The van der Waals surface area contributed by atoms with Crippen LogP contribution in [0.1, 0.15) is 33.6 Å². The lowest BCUT2D eigenvalue weighted by Crippen LogP contribution is -2.12. The van der Waals surface area contributed by atoms with Gasteiger partial charge in [0.1, 0.15) is 5.84 Å². The molecule has 0 atom stereocenters. The van der Waals surface area contributed by atoms with Crippen LogP contribution in [0, 0.1) is 0 Å². The van der Waals surface area contributed by atoms with Crippen molar-refractivity contribution in [3.8, 4) is 0 Å². The molecular formula is C12H21N3S. The van der Waals surface area contributed by atoms with E-state index in [0.717, 1.165) is 31.9 Å². The van der Waals surface area contributed by atoms with Gasteiger partial charge in [-0.2, -0.15) is 0 Å². The summed E-state index contributed by atoms with van der Waals surface area (Å²) < 4.78 is 2.37. The minimum Gasteiger partial charge on any atom is -0.265 e. The molecule has 0 saturated heterocycles. The van der Waals surface area contributed by atoms with Crippen LogP contribution in [0.3, 0.4) is 0 Å². The summed E-state index contributed by atoms with van der Waals surface area (Å²) in [5.41, 5.74) is 0. The van der Waals surface area contributed by atoms with E-state index < -0.39 is 0 Å². The Morgan fingerprint density at radius 1 is 1.56 bits per heavy atom. The Labute approximate surface area is 103 Å². The fourth-order valence-electron chi connectivity index (χ4n) is 1.38. The number of hydrogen-bond donors (Lipinski definition) is 0. The first-order valence-corrected chi connectivity index (χ1v) is 6.69. The Kier molecular flexibility index (Phi) is 6.42. The summed E-state index contributed by atoms with van der Waals surface area (Å²) in [7, 11) is 0. The van der Waals surface area contributed by atoms with E-state index in [1.54, 1.807) is 0 Å². The molecule has 3 nitrogen and oxygen atoms in total. The molecule has 0 aromatic heterocycles. The molecule has 0 aromatic rings. The van der Waals surface area contributed by atoms with Gasteiger partial charge >= 0.3 is 0 Å². The van der Waals surface area contributed by atoms with Crippen molar-refractivity contribution in [1.29, 1.82) is 0 Å². The molecule has 1 heterocycles. The minimum absolute atomic E-state index is 0.776. The van der Waals surface area contributed by atoms with Crippen LogP contribution in [0.5, 0.6) is 0 Å². The molecule has 0 N–H and O–H groups in total. The van der Waals surface area contributed by atoms with Crippen molar-refractivity contribution in [3.05, 3.63) is 11.0 Å². The summed E-state index contributed by atoms with van der Waals surface area (Å²) in [6, 6.07) is 0. The van der Waals surface area contributed by atoms with E-state index in [1.807, 2.05) is 25.1 Å². The first-order chi connectivity index (χ1) is 7.76. The molecule has 1 aliphatic rings. The van der Waals surface area contributed by atoms with Gasteiger partial charge in [-0.1, -0.05) is 19.9 Å². The third-order valence-corrected chi connectivity index (χ3v) is 3.29. The fourth-order valence-corrected chi connectivity index (χ4v) is 2.41. The molecule has 16 heavy (non-hydrogen) atoms. The standard InChI is InChI=1S/C12H21N3S/c1-4-7-13-11(3)14-10-12-6-9-15(16-12)8-5-2/h6-7H,4-5,8-10H2,1-3H3/b13-7-,14-11-. The van der Waals surface area contributed by atoms with Crippen LogP contribution in [-0.4, -0.2) is 36.0 Å². The summed E-state index contributed by atoms with van der Waals surface area (Å²) in [4.78, 5) is 10.0. The van der Waals surface area contributed by atoms with Crippen LogP contribution in [-0.2, 0) is 0 Å². The van der Waals surface area contributed by atoms with Crippen molar-refractivity contribution in [1.82, 2.24) is 4.31 Å². The maximum Gasteiger partial charge on any atom is 0.120 e. The highest BCUT2D eigenvalue weighted by atomic mass is 32.2. The molecule has 0 aliphatic carbocycles. The Morgan fingerprint density at radius 3 is 3.06 bits per heavy atom. The van der Waals surface area contributed by atoms with Crippen LogP contribution < -0.4 is 0 Å². The van der Waals surface area contributed by atoms with Gasteiger partial charge in [0, 0.05) is 24.2 Å². The lowest BCUT2D eigenvalue weighted by molar-refractivity contribution is 0.525. The van der Waals surface area contributed by atoms with Gasteiger partial charge in [-0.25, -0.2) is 9.30 Å².